The fourth-order valence-electron chi connectivity index (χ4n) is 1.95. The molecule has 0 aliphatic rings. The first-order chi connectivity index (χ1) is 9.43. The molecule has 0 aromatic carbocycles. The minimum atomic E-state index is 0.315. The summed E-state index contributed by atoms with van der Waals surface area (Å²) in [5.41, 5.74) is 3.02. The Kier molecular flexibility index (Phi) is 9.19. The van der Waals surface area contributed by atoms with Crippen LogP contribution < -0.4 is 0 Å². The van der Waals surface area contributed by atoms with Crippen LogP contribution in [0.5, 0.6) is 0 Å². The Morgan fingerprint density at radius 3 is 2.20 bits per heavy atom. The summed E-state index contributed by atoms with van der Waals surface area (Å²) in [5.74, 6) is 0. The highest BCUT2D eigenvalue weighted by Gasteiger charge is 2.11. The molecule has 0 amide bonds. The summed E-state index contributed by atoms with van der Waals surface area (Å²) in [4.78, 5) is 2.09. The van der Waals surface area contributed by atoms with Crippen molar-refractivity contribution in [3.63, 3.8) is 0 Å². The first-order valence-corrected chi connectivity index (χ1v) is 7.19. The standard InChI is InChI=1S/C19H29N/c1-8-10-11-12-13-14-17(5)15-19(7)20(16(3)4)18(6)9-2/h8-10,13-16H,2,6-7,11-12H2,1,3-5H3/b10-8-,14-13-,17-15-. The molecule has 0 saturated heterocycles. The first-order valence-electron chi connectivity index (χ1n) is 7.19. The molecule has 0 heterocycles. The average molecular weight is 271 g/mol. The quantitative estimate of drug-likeness (QED) is 0.292. The number of unbranched alkanes of at least 4 members (excludes halogenated alkanes) is 1. The second-order valence-corrected chi connectivity index (χ2v) is 5.09. The van der Waals surface area contributed by atoms with Gasteiger partial charge in [-0.05, 0) is 58.3 Å². The summed E-state index contributed by atoms with van der Waals surface area (Å²) in [5, 5.41) is 0. The highest BCUT2D eigenvalue weighted by atomic mass is 15.2. The van der Waals surface area contributed by atoms with Gasteiger partial charge in [-0.25, -0.2) is 0 Å². The van der Waals surface area contributed by atoms with Gasteiger partial charge in [0.25, 0.3) is 0 Å². The van der Waals surface area contributed by atoms with Crippen LogP contribution in [0.4, 0.5) is 0 Å². The zero-order chi connectivity index (χ0) is 15.5. The Labute approximate surface area is 125 Å². The molecule has 0 aromatic rings. The van der Waals surface area contributed by atoms with Crippen molar-refractivity contribution in [1.29, 1.82) is 0 Å². The second-order valence-electron chi connectivity index (χ2n) is 5.09. The van der Waals surface area contributed by atoms with Gasteiger partial charge in [-0.3, -0.25) is 0 Å². The van der Waals surface area contributed by atoms with Crippen LogP contribution in [0.2, 0.25) is 0 Å². The lowest BCUT2D eigenvalue weighted by molar-refractivity contribution is 0.376. The zero-order valence-electron chi connectivity index (χ0n) is 13.5. The molecule has 0 radical (unpaired) electrons. The van der Waals surface area contributed by atoms with Gasteiger partial charge in [-0.2, -0.15) is 0 Å². The molecule has 0 aliphatic heterocycles. The van der Waals surface area contributed by atoms with E-state index in [1.54, 1.807) is 6.08 Å². The van der Waals surface area contributed by atoms with E-state index in [0.29, 0.717) is 6.04 Å². The van der Waals surface area contributed by atoms with Crippen LogP contribution >= 0.6 is 0 Å². The van der Waals surface area contributed by atoms with Gasteiger partial charge in [-0.1, -0.05) is 44.0 Å². The molecule has 0 unspecified atom stereocenters. The molecule has 0 rings (SSSR count). The van der Waals surface area contributed by atoms with Crippen LogP contribution in [0.1, 0.15) is 40.5 Å². The molecule has 1 heteroatoms. The van der Waals surface area contributed by atoms with Crippen LogP contribution in [0, 0.1) is 0 Å². The van der Waals surface area contributed by atoms with Crippen molar-refractivity contribution in [3.8, 4) is 0 Å². The minimum Gasteiger partial charge on any atom is -0.340 e. The predicted molar refractivity (Wildman–Crippen MR) is 92.4 cm³/mol. The molecule has 0 saturated carbocycles. The summed E-state index contributed by atoms with van der Waals surface area (Å²) in [7, 11) is 0. The lowest BCUT2D eigenvalue weighted by Crippen LogP contribution is -2.27. The van der Waals surface area contributed by atoms with Crippen LogP contribution in [0.25, 0.3) is 0 Å². The molecule has 0 N–H and O–H groups in total. The number of hydrogen-bond acceptors (Lipinski definition) is 1. The van der Waals surface area contributed by atoms with Gasteiger partial charge in [0.05, 0.1) is 0 Å². The van der Waals surface area contributed by atoms with Crippen LogP contribution in [-0.2, 0) is 0 Å². The topological polar surface area (TPSA) is 3.24 Å². The Bertz CT molecular complexity index is 419. The minimum absolute atomic E-state index is 0.315. The third-order valence-corrected chi connectivity index (χ3v) is 2.88. The number of allylic oxidation sites excluding steroid dienone is 7. The molecular formula is C19H29N. The van der Waals surface area contributed by atoms with Crippen molar-refractivity contribution >= 4 is 0 Å². The largest absolute Gasteiger partial charge is 0.340 e. The van der Waals surface area contributed by atoms with Gasteiger partial charge in [0.2, 0.25) is 0 Å². The molecule has 20 heavy (non-hydrogen) atoms. The van der Waals surface area contributed by atoms with Crippen molar-refractivity contribution < 1.29 is 0 Å². The van der Waals surface area contributed by atoms with Crippen molar-refractivity contribution in [3.05, 3.63) is 73.2 Å². The Morgan fingerprint density at radius 1 is 1.10 bits per heavy atom. The van der Waals surface area contributed by atoms with E-state index in [0.717, 1.165) is 24.2 Å². The molecule has 0 spiro atoms. The van der Waals surface area contributed by atoms with Crippen molar-refractivity contribution in [2.45, 2.75) is 46.6 Å². The maximum atomic E-state index is 4.14. The van der Waals surface area contributed by atoms with Gasteiger partial charge in [0.1, 0.15) is 0 Å². The maximum absolute atomic E-state index is 4.14. The summed E-state index contributed by atoms with van der Waals surface area (Å²) in [6.07, 6.45) is 14.6. The van der Waals surface area contributed by atoms with E-state index in [9.17, 15) is 0 Å². The molecule has 1 nitrogen and oxygen atoms in total. The van der Waals surface area contributed by atoms with E-state index in [1.807, 2.05) is 6.92 Å². The SMILES string of the molecule is C=CC(=C)N(C(=C)/C=C(C)\C=C/CC/C=C\C)C(C)C. The van der Waals surface area contributed by atoms with Gasteiger partial charge in [0.15, 0.2) is 0 Å². The van der Waals surface area contributed by atoms with Crippen LogP contribution in [0.3, 0.4) is 0 Å². The Hall–Kier alpha value is -1.76. The van der Waals surface area contributed by atoms with Gasteiger partial charge >= 0.3 is 0 Å². The number of nitrogens with zero attached hydrogens (tertiary/aromatic N) is 1. The van der Waals surface area contributed by atoms with Gasteiger partial charge < -0.3 is 4.90 Å². The summed E-state index contributed by atoms with van der Waals surface area (Å²) in [6, 6.07) is 0.315. The molecule has 0 aliphatic carbocycles. The predicted octanol–water partition coefficient (Wildman–Crippen LogP) is 5.77. The molecular weight excluding hydrogens is 242 g/mol. The normalized spacial score (nSPS) is 12.3. The van der Waals surface area contributed by atoms with Gasteiger partial charge in [0, 0.05) is 17.4 Å². The molecule has 0 atom stereocenters. The van der Waals surface area contributed by atoms with Crippen LogP contribution in [0.15, 0.2) is 73.2 Å². The smallest absolute Gasteiger partial charge is 0.0343 e. The summed E-state index contributed by atoms with van der Waals surface area (Å²) < 4.78 is 0. The molecule has 110 valence electrons. The third kappa shape index (κ3) is 6.98. The van der Waals surface area contributed by atoms with E-state index >= 15 is 0 Å². The lowest BCUT2D eigenvalue weighted by Gasteiger charge is -2.29. The first kappa shape index (κ1) is 18.2. The average Bonchev–Trinajstić information content (AvgIpc) is 2.37. The zero-order valence-corrected chi connectivity index (χ0v) is 13.5. The fourth-order valence-corrected chi connectivity index (χ4v) is 1.95. The van der Waals surface area contributed by atoms with Crippen LogP contribution in [-0.4, -0.2) is 10.9 Å². The Balaban J connectivity index is 4.71. The number of rotatable bonds is 9. The highest BCUT2D eigenvalue weighted by Crippen LogP contribution is 2.18. The molecule has 0 bridgehead atoms. The maximum Gasteiger partial charge on any atom is 0.0343 e. The molecule has 0 fully saturated rings. The van der Waals surface area contributed by atoms with E-state index < -0.39 is 0 Å². The van der Waals surface area contributed by atoms with Crippen molar-refractivity contribution in [2.75, 3.05) is 0 Å². The van der Waals surface area contributed by atoms with E-state index in [1.165, 1.54) is 5.57 Å². The highest BCUT2D eigenvalue weighted by molar-refractivity contribution is 5.30. The van der Waals surface area contributed by atoms with E-state index in [-0.39, 0.29) is 0 Å². The van der Waals surface area contributed by atoms with Crippen molar-refractivity contribution in [1.82, 2.24) is 4.90 Å². The van der Waals surface area contributed by atoms with E-state index in [2.05, 4.69) is 75.8 Å². The molecule has 0 aromatic heterocycles. The monoisotopic (exact) mass is 271 g/mol. The fraction of sp³-hybridized carbons (Fsp3) is 0.368. The summed E-state index contributed by atoms with van der Waals surface area (Å²) >= 11 is 0. The summed E-state index contributed by atoms with van der Waals surface area (Å²) in [6.45, 7) is 20.3. The van der Waals surface area contributed by atoms with Crippen molar-refractivity contribution in [2.24, 2.45) is 0 Å². The van der Waals surface area contributed by atoms with E-state index in [4.69, 9.17) is 0 Å². The second kappa shape index (κ2) is 10.1. The Morgan fingerprint density at radius 2 is 1.70 bits per heavy atom. The number of hydrogen-bond donors (Lipinski definition) is 0. The third-order valence-electron chi connectivity index (χ3n) is 2.88. The van der Waals surface area contributed by atoms with Gasteiger partial charge in [-0.15, -0.1) is 0 Å². The lowest BCUT2D eigenvalue weighted by atomic mass is 10.1.